The van der Waals surface area contributed by atoms with Gasteiger partial charge in [0.2, 0.25) is 0 Å². The van der Waals surface area contributed by atoms with Gasteiger partial charge in [0.25, 0.3) is 0 Å². The van der Waals surface area contributed by atoms with E-state index in [1.807, 2.05) is 0 Å². The summed E-state index contributed by atoms with van der Waals surface area (Å²) in [5.41, 5.74) is 12.7. The highest BCUT2D eigenvalue weighted by atomic mass is 35.5. The van der Waals surface area contributed by atoms with Gasteiger partial charge in [0.1, 0.15) is 5.82 Å². The first-order chi connectivity index (χ1) is 7.77. The molecule has 0 radical (unpaired) electrons. The van der Waals surface area contributed by atoms with Gasteiger partial charge in [-0.25, -0.2) is 4.98 Å². The quantitative estimate of drug-likeness (QED) is 0.872. The van der Waals surface area contributed by atoms with Gasteiger partial charge in [0, 0.05) is 18.9 Å². The van der Waals surface area contributed by atoms with E-state index < -0.39 is 0 Å². The monoisotopic (exact) mass is 257 g/mol. The molecule has 0 fully saturated rings. The van der Waals surface area contributed by atoms with Crippen LogP contribution in [-0.2, 0) is 4.74 Å². The maximum absolute atomic E-state index is 6.20. The molecule has 4 nitrogen and oxygen atoms in total. The fourth-order valence-electron chi connectivity index (χ4n) is 1.93. The van der Waals surface area contributed by atoms with Crippen LogP contribution < -0.4 is 11.5 Å². The third kappa shape index (κ3) is 3.31. The summed E-state index contributed by atoms with van der Waals surface area (Å²) in [5, 5.41) is 0.522. The minimum atomic E-state index is -0.355. The molecule has 0 aliphatic rings. The Hall–Kier alpha value is -0.840. The molecule has 4 N–H and O–H groups in total. The summed E-state index contributed by atoms with van der Waals surface area (Å²) in [6.07, 6.45) is 1.34. The van der Waals surface area contributed by atoms with Crippen LogP contribution in [0.4, 0.5) is 5.82 Å². The number of nitrogens with two attached hydrogens (primary N) is 2. The lowest BCUT2D eigenvalue weighted by Crippen LogP contribution is -2.39. The maximum Gasteiger partial charge on any atom is 0.128 e. The van der Waals surface area contributed by atoms with Crippen molar-refractivity contribution in [1.29, 1.82) is 0 Å². The smallest absolute Gasteiger partial charge is 0.128 e. The minimum Gasteiger partial charge on any atom is -0.383 e. The average molecular weight is 258 g/mol. The first-order valence-corrected chi connectivity index (χ1v) is 5.84. The number of halogens is 1. The summed E-state index contributed by atoms with van der Waals surface area (Å²) in [6.45, 7) is 6.19. The summed E-state index contributed by atoms with van der Waals surface area (Å²) in [7, 11) is 1.64. The number of methoxy groups -OCH3 is 1. The van der Waals surface area contributed by atoms with Gasteiger partial charge in [-0.05, 0) is 11.5 Å². The zero-order chi connectivity index (χ0) is 13.2. The summed E-state index contributed by atoms with van der Waals surface area (Å²) in [6, 6.07) is 1.39. The molecule has 0 aliphatic heterocycles. The van der Waals surface area contributed by atoms with Gasteiger partial charge in [0.05, 0.1) is 17.2 Å². The molecule has 0 bridgehead atoms. The van der Waals surface area contributed by atoms with Crippen LogP contribution in [0.5, 0.6) is 0 Å². The Kier molecular flexibility index (Phi) is 4.36. The molecule has 1 heterocycles. The van der Waals surface area contributed by atoms with Crippen molar-refractivity contribution in [1.82, 2.24) is 4.98 Å². The van der Waals surface area contributed by atoms with Crippen LogP contribution in [0.15, 0.2) is 12.3 Å². The van der Waals surface area contributed by atoms with Crippen molar-refractivity contribution >= 4 is 17.4 Å². The standard InChI is InChI=1S/C12H20ClN3O/c1-12(2,3)10(17-4)9(14)8-5-7(13)6-16-11(8)15/h5-6,9-10H,14H2,1-4H3,(H2,15,16). The molecule has 5 heteroatoms. The molecule has 0 amide bonds. The Morgan fingerprint density at radius 1 is 1.41 bits per heavy atom. The molecule has 1 aromatic heterocycles. The summed E-state index contributed by atoms with van der Waals surface area (Å²) >= 11 is 5.91. The van der Waals surface area contributed by atoms with Crippen molar-refractivity contribution in [2.24, 2.45) is 11.1 Å². The van der Waals surface area contributed by atoms with Crippen LogP contribution >= 0.6 is 11.6 Å². The SMILES string of the molecule is COC(C(N)c1cc(Cl)cnc1N)C(C)(C)C. The van der Waals surface area contributed by atoms with E-state index in [1.165, 1.54) is 6.20 Å². The number of hydrogen-bond acceptors (Lipinski definition) is 4. The number of nitrogen functional groups attached to an aromatic ring is 1. The third-order valence-corrected chi connectivity index (χ3v) is 2.92. The lowest BCUT2D eigenvalue weighted by Gasteiger charge is -2.34. The highest BCUT2D eigenvalue weighted by Crippen LogP contribution is 2.33. The van der Waals surface area contributed by atoms with Crippen LogP contribution in [0.1, 0.15) is 32.4 Å². The van der Waals surface area contributed by atoms with E-state index in [-0.39, 0.29) is 17.6 Å². The van der Waals surface area contributed by atoms with Crippen LogP contribution in [-0.4, -0.2) is 18.2 Å². The van der Waals surface area contributed by atoms with E-state index in [9.17, 15) is 0 Å². The van der Waals surface area contributed by atoms with E-state index in [0.717, 1.165) is 5.56 Å². The normalized spacial score (nSPS) is 15.6. The Morgan fingerprint density at radius 3 is 2.47 bits per heavy atom. The number of anilines is 1. The lowest BCUT2D eigenvalue weighted by molar-refractivity contribution is -0.00233. The van der Waals surface area contributed by atoms with Crippen molar-refractivity contribution in [2.75, 3.05) is 12.8 Å². The molecule has 1 rings (SSSR count). The fraction of sp³-hybridized carbons (Fsp3) is 0.583. The first-order valence-electron chi connectivity index (χ1n) is 5.46. The second kappa shape index (κ2) is 5.21. The average Bonchev–Trinajstić information content (AvgIpc) is 2.20. The van der Waals surface area contributed by atoms with E-state index in [1.54, 1.807) is 13.2 Å². The predicted octanol–water partition coefficient (Wildman–Crippen LogP) is 2.38. The first kappa shape index (κ1) is 14.2. The Morgan fingerprint density at radius 2 is 2.00 bits per heavy atom. The van der Waals surface area contributed by atoms with Gasteiger partial charge >= 0.3 is 0 Å². The van der Waals surface area contributed by atoms with Crippen molar-refractivity contribution in [3.8, 4) is 0 Å². The topological polar surface area (TPSA) is 74.2 Å². The molecule has 1 aromatic rings. The van der Waals surface area contributed by atoms with E-state index in [2.05, 4.69) is 25.8 Å². The lowest BCUT2D eigenvalue weighted by atomic mass is 9.82. The van der Waals surface area contributed by atoms with Gasteiger partial charge < -0.3 is 16.2 Å². The van der Waals surface area contributed by atoms with Crippen molar-refractivity contribution < 1.29 is 4.74 Å². The third-order valence-electron chi connectivity index (χ3n) is 2.71. The zero-order valence-electron chi connectivity index (χ0n) is 10.7. The summed E-state index contributed by atoms with van der Waals surface area (Å²) < 4.78 is 5.47. The predicted molar refractivity (Wildman–Crippen MR) is 70.8 cm³/mol. The summed E-state index contributed by atoms with van der Waals surface area (Å²) in [4.78, 5) is 4.01. The largest absolute Gasteiger partial charge is 0.383 e. The molecule has 2 unspecified atom stereocenters. The Bertz CT molecular complexity index is 390. The molecule has 0 saturated carbocycles. The van der Waals surface area contributed by atoms with Crippen molar-refractivity contribution in [3.05, 3.63) is 22.8 Å². The molecule has 0 aromatic carbocycles. The molecular formula is C12H20ClN3O. The zero-order valence-corrected chi connectivity index (χ0v) is 11.5. The van der Waals surface area contributed by atoms with Crippen LogP contribution in [0.3, 0.4) is 0 Å². The molecule has 0 spiro atoms. The second-order valence-electron chi connectivity index (χ2n) is 5.18. The van der Waals surface area contributed by atoms with E-state index in [4.69, 9.17) is 27.8 Å². The second-order valence-corrected chi connectivity index (χ2v) is 5.61. The van der Waals surface area contributed by atoms with Crippen LogP contribution in [0.25, 0.3) is 0 Å². The summed E-state index contributed by atoms with van der Waals surface area (Å²) in [5.74, 6) is 0.396. The van der Waals surface area contributed by atoms with Gasteiger partial charge in [-0.1, -0.05) is 32.4 Å². The minimum absolute atomic E-state index is 0.0943. The van der Waals surface area contributed by atoms with Crippen molar-refractivity contribution in [3.63, 3.8) is 0 Å². The van der Waals surface area contributed by atoms with E-state index >= 15 is 0 Å². The number of ether oxygens (including phenoxy) is 1. The molecule has 17 heavy (non-hydrogen) atoms. The highest BCUT2D eigenvalue weighted by Gasteiger charge is 2.32. The van der Waals surface area contributed by atoms with Gasteiger partial charge in [-0.3, -0.25) is 0 Å². The molecule has 0 aliphatic carbocycles. The highest BCUT2D eigenvalue weighted by molar-refractivity contribution is 6.30. The number of hydrogen-bond donors (Lipinski definition) is 2. The Labute approximate surface area is 107 Å². The molecular weight excluding hydrogens is 238 g/mol. The number of aromatic nitrogens is 1. The van der Waals surface area contributed by atoms with E-state index in [0.29, 0.717) is 10.8 Å². The molecule has 2 atom stereocenters. The van der Waals surface area contributed by atoms with Crippen molar-refractivity contribution in [2.45, 2.75) is 32.9 Å². The van der Waals surface area contributed by atoms with Crippen LogP contribution in [0.2, 0.25) is 5.02 Å². The van der Waals surface area contributed by atoms with Gasteiger partial charge in [-0.15, -0.1) is 0 Å². The number of rotatable bonds is 3. The van der Waals surface area contributed by atoms with Crippen LogP contribution in [0, 0.1) is 5.41 Å². The fourth-order valence-corrected chi connectivity index (χ4v) is 2.10. The number of nitrogens with zero attached hydrogens (tertiary/aromatic N) is 1. The van der Waals surface area contributed by atoms with Gasteiger partial charge in [0.15, 0.2) is 0 Å². The van der Waals surface area contributed by atoms with Gasteiger partial charge in [-0.2, -0.15) is 0 Å². The number of pyridine rings is 1. The maximum atomic E-state index is 6.20. The molecule has 0 saturated heterocycles. The molecule has 96 valence electrons. The Balaban J connectivity index is 3.10.